The zero-order valence-electron chi connectivity index (χ0n) is 14.6. The summed E-state index contributed by atoms with van der Waals surface area (Å²) in [6.45, 7) is 8.56. The number of nitrogens with zero attached hydrogens (tertiary/aromatic N) is 2. The van der Waals surface area contributed by atoms with Crippen LogP contribution in [0.15, 0.2) is 11.1 Å². The average Bonchev–Trinajstić information content (AvgIpc) is 2.87. The normalized spacial score (nSPS) is 19.2. The van der Waals surface area contributed by atoms with Crippen molar-refractivity contribution in [1.29, 1.82) is 0 Å². The topological polar surface area (TPSA) is 72.2 Å². The second kappa shape index (κ2) is 5.99. The quantitative estimate of drug-likeness (QED) is 0.919. The maximum Gasteiger partial charge on any atom is 0.326 e. The molecule has 0 aliphatic heterocycles. The van der Waals surface area contributed by atoms with E-state index in [2.05, 4.69) is 25.8 Å². The number of rotatable bonds is 3. The van der Waals surface area contributed by atoms with E-state index in [1.54, 1.807) is 18.3 Å². The number of thiophene rings is 1. The highest BCUT2D eigenvalue weighted by molar-refractivity contribution is 7.18. The van der Waals surface area contributed by atoms with E-state index in [4.69, 9.17) is 0 Å². The third-order valence-corrected chi connectivity index (χ3v) is 6.39. The van der Waals surface area contributed by atoms with Gasteiger partial charge in [-0.15, -0.1) is 11.3 Å². The van der Waals surface area contributed by atoms with E-state index in [1.165, 1.54) is 15.8 Å². The Bertz CT molecular complexity index is 844. The first-order valence-corrected chi connectivity index (χ1v) is 9.29. The van der Waals surface area contributed by atoms with Crippen LogP contribution in [0.3, 0.4) is 0 Å². The van der Waals surface area contributed by atoms with Crippen molar-refractivity contribution in [2.24, 2.45) is 11.3 Å². The van der Waals surface area contributed by atoms with Gasteiger partial charge in [0.25, 0.3) is 5.56 Å². The molecule has 0 fully saturated rings. The SMILES string of the molecule is CC[C@@H](C(=O)O)n1cnc2sc3c(c2c1=O)CC[C@@H](C(C)(C)C)C3. The molecule has 6 heteroatoms. The van der Waals surface area contributed by atoms with E-state index in [0.717, 1.165) is 29.7 Å². The van der Waals surface area contributed by atoms with Gasteiger partial charge in [0.2, 0.25) is 0 Å². The molecule has 3 rings (SSSR count). The molecule has 130 valence electrons. The zero-order chi connectivity index (χ0) is 17.6. The van der Waals surface area contributed by atoms with Crippen LogP contribution in [0.1, 0.15) is 57.0 Å². The van der Waals surface area contributed by atoms with Crippen molar-refractivity contribution in [3.05, 3.63) is 27.1 Å². The summed E-state index contributed by atoms with van der Waals surface area (Å²) in [7, 11) is 0. The van der Waals surface area contributed by atoms with Gasteiger partial charge >= 0.3 is 5.97 Å². The molecule has 0 aromatic carbocycles. The number of aromatic nitrogens is 2. The summed E-state index contributed by atoms with van der Waals surface area (Å²) in [6, 6.07) is -0.851. The summed E-state index contributed by atoms with van der Waals surface area (Å²) in [4.78, 5) is 30.7. The van der Waals surface area contributed by atoms with Gasteiger partial charge in [0, 0.05) is 4.88 Å². The van der Waals surface area contributed by atoms with Crippen LogP contribution in [0.25, 0.3) is 10.2 Å². The first kappa shape index (κ1) is 17.1. The smallest absolute Gasteiger partial charge is 0.326 e. The number of aliphatic carboxylic acids is 1. The van der Waals surface area contributed by atoms with Gasteiger partial charge in [0.05, 0.1) is 11.7 Å². The van der Waals surface area contributed by atoms with Gasteiger partial charge in [0.1, 0.15) is 10.9 Å². The van der Waals surface area contributed by atoms with Gasteiger partial charge in [-0.25, -0.2) is 9.78 Å². The van der Waals surface area contributed by atoms with E-state index >= 15 is 0 Å². The van der Waals surface area contributed by atoms with Crippen LogP contribution in [0, 0.1) is 11.3 Å². The Morgan fingerprint density at radius 1 is 1.50 bits per heavy atom. The molecule has 0 spiro atoms. The van der Waals surface area contributed by atoms with E-state index in [1.807, 2.05) is 0 Å². The molecule has 2 aromatic rings. The predicted molar refractivity (Wildman–Crippen MR) is 95.8 cm³/mol. The average molecular weight is 348 g/mol. The largest absolute Gasteiger partial charge is 0.480 e. The van der Waals surface area contributed by atoms with E-state index in [9.17, 15) is 14.7 Å². The third kappa shape index (κ3) is 2.77. The highest BCUT2D eigenvalue weighted by atomic mass is 32.1. The lowest BCUT2D eigenvalue weighted by Gasteiger charge is -2.33. The van der Waals surface area contributed by atoms with Crippen molar-refractivity contribution in [2.45, 2.75) is 59.4 Å². The van der Waals surface area contributed by atoms with Crippen molar-refractivity contribution < 1.29 is 9.90 Å². The second-order valence-electron chi connectivity index (χ2n) is 7.71. The van der Waals surface area contributed by atoms with Crippen LogP contribution in [0.4, 0.5) is 0 Å². The van der Waals surface area contributed by atoms with Gasteiger partial charge in [0.15, 0.2) is 0 Å². The molecule has 1 N–H and O–H groups in total. The molecule has 2 aromatic heterocycles. The lowest BCUT2D eigenvalue weighted by molar-refractivity contribution is -0.141. The molecule has 0 saturated carbocycles. The molecule has 0 amide bonds. The fourth-order valence-corrected chi connectivity index (χ4v) is 4.89. The molecule has 1 aliphatic carbocycles. The molecule has 1 aliphatic rings. The Morgan fingerprint density at radius 2 is 2.21 bits per heavy atom. The highest BCUT2D eigenvalue weighted by Gasteiger charge is 2.32. The first-order valence-electron chi connectivity index (χ1n) is 8.48. The Balaban J connectivity index is 2.11. The number of fused-ring (bicyclic) bond motifs is 3. The van der Waals surface area contributed by atoms with Crippen molar-refractivity contribution >= 4 is 27.5 Å². The fourth-order valence-electron chi connectivity index (χ4n) is 3.63. The summed E-state index contributed by atoms with van der Waals surface area (Å²) >= 11 is 1.60. The van der Waals surface area contributed by atoms with E-state index in [-0.39, 0.29) is 11.0 Å². The number of hydrogen-bond acceptors (Lipinski definition) is 4. The zero-order valence-corrected chi connectivity index (χ0v) is 15.4. The maximum absolute atomic E-state index is 12.9. The Labute approximate surface area is 145 Å². The van der Waals surface area contributed by atoms with Crippen LogP contribution in [-0.2, 0) is 17.6 Å². The van der Waals surface area contributed by atoms with E-state index in [0.29, 0.717) is 17.7 Å². The molecular weight excluding hydrogens is 324 g/mol. The van der Waals surface area contributed by atoms with Crippen molar-refractivity contribution in [3.8, 4) is 0 Å². The highest BCUT2D eigenvalue weighted by Crippen LogP contribution is 2.42. The molecule has 0 radical (unpaired) electrons. The summed E-state index contributed by atoms with van der Waals surface area (Å²) < 4.78 is 1.29. The number of aryl methyl sites for hydroxylation is 1. The predicted octanol–water partition coefficient (Wildman–Crippen LogP) is 3.64. The van der Waals surface area contributed by atoms with Crippen LogP contribution in [0.2, 0.25) is 0 Å². The third-order valence-electron chi connectivity index (χ3n) is 5.23. The van der Waals surface area contributed by atoms with Crippen molar-refractivity contribution in [1.82, 2.24) is 9.55 Å². The van der Waals surface area contributed by atoms with Gasteiger partial charge in [-0.3, -0.25) is 9.36 Å². The van der Waals surface area contributed by atoms with Crippen LogP contribution in [-0.4, -0.2) is 20.6 Å². The summed E-state index contributed by atoms with van der Waals surface area (Å²) in [5.74, 6) is -0.389. The lowest BCUT2D eigenvalue weighted by Crippen LogP contribution is -2.30. The summed E-state index contributed by atoms with van der Waals surface area (Å²) in [5.41, 5.74) is 1.14. The molecule has 0 bridgehead atoms. The molecule has 0 saturated heterocycles. The summed E-state index contributed by atoms with van der Waals surface area (Å²) in [5, 5.41) is 9.99. The van der Waals surface area contributed by atoms with Gasteiger partial charge < -0.3 is 5.11 Å². The van der Waals surface area contributed by atoms with Crippen LogP contribution < -0.4 is 5.56 Å². The van der Waals surface area contributed by atoms with Gasteiger partial charge in [-0.05, 0) is 42.6 Å². The first-order chi connectivity index (χ1) is 11.2. The molecule has 2 atom stereocenters. The van der Waals surface area contributed by atoms with Crippen molar-refractivity contribution in [3.63, 3.8) is 0 Å². The van der Waals surface area contributed by atoms with Crippen LogP contribution >= 0.6 is 11.3 Å². The maximum atomic E-state index is 12.9. The fraction of sp³-hybridized carbons (Fsp3) is 0.611. The minimum Gasteiger partial charge on any atom is -0.480 e. The molecular formula is C18H24N2O3S. The monoisotopic (exact) mass is 348 g/mol. The Hall–Kier alpha value is -1.69. The standard InChI is InChI=1S/C18H24N2O3S/c1-5-12(17(22)23)20-9-19-15-14(16(20)21)11-7-6-10(18(2,3)4)8-13(11)24-15/h9-10,12H,5-8H2,1-4H3,(H,22,23)/t10-,12+/m1/s1. The Morgan fingerprint density at radius 3 is 2.79 bits per heavy atom. The number of hydrogen-bond donors (Lipinski definition) is 1. The molecule has 0 unspecified atom stereocenters. The minimum atomic E-state index is -0.988. The number of carboxylic acids is 1. The summed E-state index contributed by atoms with van der Waals surface area (Å²) in [6.07, 6.45) is 4.68. The van der Waals surface area contributed by atoms with Gasteiger partial charge in [-0.1, -0.05) is 27.7 Å². The Kier molecular flexibility index (Phi) is 4.28. The van der Waals surface area contributed by atoms with Gasteiger partial charge in [-0.2, -0.15) is 0 Å². The minimum absolute atomic E-state index is 0.207. The molecule has 24 heavy (non-hydrogen) atoms. The number of carboxylic acid groups (broad SMARTS) is 1. The lowest BCUT2D eigenvalue weighted by atomic mass is 9.72. The molecule has 2 heterocycles. The number of carbonyl (C=O) groups is 1. The molecule has 5 nitrogen and oxygen atoms in total. The second-order valence-corrected chi connectivity index (χ2v) is 8.79. The van der Waals surface area contributed by atoms with Crippen molar-refractivity contribution in [2.75, 3.05) is 0 Å². The van der Waals surface area contributed by atoms with Crippen LogP contribution in [0.5, 0.6) is 0 Å². The van der Waals surface area contributed by atoms with E-state index < -0.39 is 12.0 Å².